The molecule has 1 atom stereocenters. The first-order valence-electron chi connectivity index (χ1n) is 11.3. The zero-order chi connectivity index (χ0) is 23.8. The van der Waals surface area contributed by atoms with Crippen LogP contribution in [0.25, 0.3) is 0 Å². The highest BCUT2D eigenvalue weighted by Crippen LogP contribution is 2.19. The summed E-state index contributed by atoms with van der Waals surface area (Å²) in [7, 11) is 0. The topological polar surface area (TPSA) is 49.4 Å². The van der Waals surface area contributed by atoms with Crippen LogP contribution in [-0.4, -0.2) is 29.3 Å². The van der Waals surface area contributed by atoms with Crippen molar-refractivity contribution < 1.29 is 9.59 Å². The summed E-state index contributed by atoms with van der Waals surface area (Å²) < 4.78 is 0. The van der Waals surface area contributed by atoms with Crippen molar-refractivity contribution in [2.45, 2.75) is 46.2 Å². The molecule has 3 aromatic rings. The van der Waals surface area contributed by atoms with Crippen molar-refractivity contribution in [1.29, 1.82) is 0 Å². The van der Waals surface area contributed by atoms with Gasteiger partial charge in [0.1, 0.15) is 6.04 Å². The Bertz CT molecular complexity index is 1100. The van der Waals surface area contributed by atoms with Crippen LogP contribution in [0.15, 0.2) is 72.8 Å². The van der Waals surface area contributed by atoms with Crippen molar-refractivity contribution >= 4 is 23.4 Å². The van der Waals surface area contributed by atoms with Crippen LogP contribution in [0.4, 0.5) is 0 Å². The van der Waals surface area contributed by atoms with E-state index in [0.29, 0.717) is 24.5 Å². The molecule has 2 amide bonds. The first kappa shape index (κ1) is 24.5. The first-order valence-corrected chi connectivity index (χ1v) is 11.7. The minimum Gasteiger partial charge on any atom is -0.355 e. The molecule has 0 spiro atoms. The molecule has 0 aromatic heterocycles. The van der Waals surface area contributed by atoms with E-state index in [1.165, 1.54) is 5.56 Å². The molecule has 0 fully saturated rings. The Kier molecular flexibility index (Phi) is 8.67. The van der Waals surface area contributed by atoms with Gasteiger partial charge in [-0.25, -0.2) is 0 Å². The van der Waals surface area contributed by atoms with E-state index < -0.39 is 6.04 Å². The van der Waals surface area contributed by atoms with Crippen LogP contribution >= 0.6 is 11.6 Å². The molecule has 33 heavy (non-hydrogen) atoms. The fourth-order valence-electron chi connectivity index (χ4n) is 3.87. The van der Waals surface area contributed by atoms with Crippen LogP contribution in [0, 0.1) is 13.8 Å². The number of hydrogen-bond acceptors (Lipinski definition) is 2. The van der Waals surface area contributed by atoms with Gasteiger partial charge in [0.2, 0.25) is 11.8 Å². The maximum Gasteiger partial charge on any atom is 0.243 e. The van der Waals surface area contributed by atoms with Crippen molar-refractivity contribution in [3.63, 3.8) is 0 Å². The van der Waals surface area contributed by atoms with Gasteiger partial charge in [0.25, 0.3) is 0 Å². The summed E-state index contributed by atoms with van der Waals surface area (Å²) in [5, 5.41) is 3.52. The summed E-state index contributed by atoms with van der Waals surface area (Å²) in [5.74, 6) is -0.248. The van der Waals surface area contributed by atoms with Gasteiger partial charge in [0, 0.05) is 24.5 Å². The zero-order valence-corrected chi connectivity index (χ0v) is 20.2. The molecule has 0 aliphatic carbocycles. The molecule has 5 heteroatoms. The van der Waals surface area contributed by atoms with Gasteiger partial charge in [-0.05, 0) is 60.7 Å². The van der Waals surface area contributed by atoms with Gasteiger partial charge in [-0.1, -0.05) is 72.3 Å². The predicted molar refractivity (Wildman–Crippen MR) is 134 cm³/mol. The first-order chi connectivity index (χ1) is 15.9. The molecular weight excluding hydrogens is 432 g/mol. The summed E-state index contributed by atoms with van der Waals surface area (Å²) in [6.45, 7) is 6.78. The van der Waals surface area contributed by atoms with Crippen LogP contribution in [0.2, 0.25) is 5.02 Å². The van der Waals surface area contributed by atoms with Gasteiger partial charge in [-0.2, -0.15) is 0 Å². The van der Waals surface area contributed by atoms with Gasteiger partial charge >= 0.3 is 0 Å². The van der Waals surface area contributed by atoms with E-state index >= 15 is 0 Å². The highest BCUT2D eigenvalue weighted by atomic mass is 35.5. The third-order valence-corrected chi connectivity index (χ3v) is 6.03. The van der Waals surface area contributed by atoms with Crippen molar-refractivity contribution in [3.8, 4) is 0 Å². The molecule has 3 aromatic carbocycles. The molecule has 0 saturated carbocycles. The molecule has 0 aliphatic heterocycles. The summed E-state index contributed by atoms with van der Waals surface area (Å²) in [6.07, 6.45) is 0.665. The van der Waals surface area contributed by atoms with Crippen LogP contribution in [0.5, 0.6) is 0 Å². The van der Waals surface area contributed by atoms with E-state index in [1.807, 2.05) is 80.6 Å². The highest BCUT2D eigenvalue weighted by Gasteiger charge is 2.30. The fourth-order valence-corrected chi connectivity index (χ4v) is 4.08. The van der Waals surface area contributed by atoms with Crippen LogP contribution in [-0.2, 0) is 29.0 Å². The smallest absolute Gasteiger partial charge is 0.243 e. The molecule has 4 nitrogen and oxygen atoms in total. The lowest BCUT2D eigenvalue weighted by Gasteiger charge is -2.31. The molecular formula is C28H31ClN2O2. The van der Waals surface area contributed by atoms with Crippen molar-refractivity contribution in [2.24, 2.45) is 0 Å². The quantitative estimate of drug-likeness (QED) is 0.470. The molecule has 0 radical (unpaired) electrons. The molecule has 3 rings (SSSR count). The second-order valence-corrected chi connectivity index (χ2v) is 8.78. The largest absolute Gasteiger partial charge is 0.355 e. The van der Waals surface area contributed by atoms with Gasteiger partial charge in [0.15, 0.2) is 0 Å². The zero-order valence-electron chi connectivity index (χ0n) is 19.5. The number of carbonyl (C=O) groups is 2. The van der Waals surface area contributed by atoms with Gasteiger partial charge < -0.3 is 10.2 Å². The van der Waals surface area contributed by atoms with Gasteiger partial charge in [-0.15, -0.1) is 0 Å². The maximum absolute atomic E-state index is 13.7. The lowest BCUT2D eigenvalue weighted by atomic mass is 10.00. The van der Waals surface area contributed by atoms with Crippen LogP contribution in [0.1, 0.15) is 34.7 Å². The van der Waals surface area contributed by atoms with E-state index in [4.69, 9.17) is 11.6 Å². The maximum atomic E-state index is 13.7. The van der Waals surface area contributed by atoms with Crippen LogP contribution in [0.3, 0.4) is 0 Å². The normalized spacial score (nSPS) is 11.6. The van der Waals surface area contributed by atoms with Crippen molar-refractivity contribution in [1.82, 2.24) is 10.2 Å². The number of hydrogen-bond donors (Lipinski definition) is 1. The van der Waals surface area contributed by atoms with Crippen molar-refractivity contribution in [2.75, 3.05) is 6.54 Å². The number of likely N-dealkylation sites (N-methyl/N-ethyl adjacent to an activating group) is 1. The standard InChI is InChI=1S/C28H31ClN2O2/c1-4-30-28(33)26(17-22-9-6-5-7-10-22)31(19-24-11-8-12-25(29)16-24)27(32)18-23-14-13-20(2)21(3)15-23/h5-16,26H,4,17-19H2,1-3H3,(H,30,33). The van der Waals surface area contributed by atoms with E-state index in [0.717, 1.165) is 22.3 Å². The number of aryl methyl sites for hydroxylation is 2. The SMILES string of the molecule is CCNC(=O)C(Cc1ccccc1)N(Cc1cccc(Cl)c1)C(=O)Cc1ccc(C)c(C)c1. The summed E-state index contributed by atoms with van der Waals surface area (Å²) >= 11 is 6.21. The highest BCUT2D eigenvalue weighted by molar-refractivity contribution is 6.30. The average Bonchev–Trinajstić information content (AvgIpc) is 2.79. The van der Waals surface area contributed by atoms with Gasteiger partial charge in [-0.3, -0.25) is 9.59 Å². The summed E-state index contributed by atoms with van der Waals surface area (Å²) in [6, 6.07) is 22.7. The number of halogens is 1. The minimum absolute atomic E-state index is 0.0922. The number of rotatable bonds is 9. The Hall–Kier alpha value is -3.11. The van der Waals surface area contributed by atoms with E-state index in [2.05, 4.69) is 12.2 Å². The molecule has 1 N–H and O–H groups in total. The second kappa shape index (κ2) is 11.7. The average molecular weight is 463 g/mol. The number of benzene rings is 3. The van der Waals surface area contributed by atoms with Crippen LogP contribution < -0.4 is 5.32 Å². The Morgan fingerprint density at radius 2 is 1.61 bits per heavy atom. The fraction of sp³-hybridized carbons (Fsp3) is 0.286. The third kappa shape index (κ3) is 6.93. The third-order valence-electron chi connectivity index (χ3n) is 5.79. The van der Waals surface area contributed by atoms with E-state index in [-0.39, 0.29) is 18.2 Å². The summed E-state index contributed by atoms with van der Waals surface area (Å²) in [4.78, 5) is 28.5. The molecule has 0 aliphatic rings. The number of nitrogens with one attached hydrogen (secondary N) is 1. The molecule has 172 valence electrons. The molecule has 1 unspecified atom stereocenters. The number of amides is 2. The minimum atomic E-state index is -0.634. The predicted octanol–water partition coefficient (Wildman–Crippen LogP) is 5.28. The second-order valence-electron chi connectivity index (χ2n) is 8.35. The van der Waals surface area contributed by atoms with Crippen molar-refractivity contribution in [3.05, 3.63) is 106 Å². The monoisotopic (exact) mass is 462 g/mol. The molecule has 0 heterocycles. The summed E-state index contributed by atoms with van der Waals surface area (Å²) in [5.41, 5.74) is 5.16. The lowest BCUT2D eigenvalue weighted by molar-refractivity contribution is -0.140. The Morgan fingerprint density at radius 1 is 0.879 bits per heavy atom. The van der Waals surface area contributed by atoms with E-state index in [1.54, 1.807) is 11.0 Å². The Balaban J connectivity index is 1.96. The Morgan fingerprint density at radius 3 is 2.27 bits per heavy atom. The lowest BCUT2D eigenvalue weighted by Crippen LogP contribution is -2.50. The van der Waals surface area contributed by atoms with Gasteiger partial charge in [0.05, 0.1) is 6.42 Å². The Labute approximate surface area is 201 Å². The van der Waals surface area contributed by atoms with E-state index in [9.17, 15) is 9.59 Å². The molecule has 0 saturated heterocycles. The molecule has 0 bridgehead atoms. The number of carbonyl (C=O) groups excluding carboxylic acids is 2. The number of nitrogens with zero attached hydrogens (tertiary/aromatic N) is 1.